The third kappa shape index (κ3) is 4.89. The van der Waals surface area contributed by atoms with Crippen LogP contribution in [0.25, 0.3) is 5.69 Å². The first-order chi connectivity index (χ1) is 13.6. The van der Waals surface area contributed by atoms with Crippen LogP contribution in [-0.2, 0) is 0 Å². The van der Waals surface area contributed by atoms with Crippen molar-refractivity contribution in [2.24, 2.45) is 0 Å². The van der Waals surface area contributed by atoms with Crippen molar-refractivity contribution in [1.29, 1.82) is 0 Å². The lowest BCUT2D eigenvalue weighted by Gasteiger charge is -2.08. The molecule has 0 radical (unpaired) electrons. The molecule has 2 amide bonds. The summed E-state index contributed by atoms with van der Waals surface area (Å²) < 4.78 is 6.87. The minimum atomic E-state index is -0.613. The van der Waals surface area contributed by atoms with E-state index in [1.807, 2.05) is 19.1 Å². The Kier molecular flexibility index (Phi) is 6.29. The predicted molar refractivity (Wildman–Crippen MR) is 107 cm³/mol. The molecular formula is C20H19ClN4O3. The van der Waals surface area contributed by atoms with E-state index in [4.69, 9.17) is 16.3 Å². The van der Waals surface area contributed by atoms with Crippen molar-refractivity contribution in [1.82, 2.24) is 15.1 Å². The Hall–Kier alpha value is -3.32. The van der Waals surface area contributed by atoms with Gasteiger partial charge in [-0.1, -0.05) is 36.7 Å². The molecule has 0 aliphatic rings. The normalized spacial score (nSPS) is 10.4. The summed E-state index contributed by atoms with van der Waals surface area (Å²) in [7, 11) is 0. The van der Waals surface area contributed by atoms with Gasteiger partial charge in [0.05, 0.1) is 10.7 Å². The minimum Gasteiger partial charge on any atom is -0.422 e. The number of urea groups is 1. The molecule has 1 heterocycles. The summed E-state index contributed by atoms with van der Waals surface area (Å²) in [4.78, 5) is 24.1. The Morgan fingerprint density at radius 2 is 1.96 bits per heavy atom. The minimum absolute atomic E-state index is 0.138. The fraction of sp³-hybridized carbons (Fsp3) is 0.150. The molecule has 2 aromatic carbocycles. The number of nitrogens with one attached hydrogen (secondary N) is 2. The molecule has 3 aromatic rings. The van der Waals surface area contributed by atoms with Gasteiger partial charge in [-0.15, -0.1) is 0 Å². The Morgan fingerprint density at radius 1 is 1.14 bits per heavy atom. The summed E-state index contributed by atoms with van der Waals surface area (Å²) in [5, 5.41) is 10.1. The highest BCUT2D eigenvalue weighted by molar-refractivity contribution is 6.32. The number of carbonyl (C=O) groups is 2. The number of hydrogen-bond acceptors (Lipinski definition) is 4. The zero-order valence-corrected chi connectivity index (χ0v) is 15.9. The van der Waals surface area contributed by atoms with Gasteiger partial charge >= 0.3 is 12.0 Å². The molecule has 0 unspecified atom stereocenters. The van der Waals surface area contributed by atoms with E-state index in [1.54, 1.807) is 48.7 Å². The average molecular weight is 399 g/mol. The van der Waals surface area contributed by atoms with Crippen molar-refractivity contribution in [3.63, 3.8) is 0 Å². The van der Waals surface area contributed by atoms with Crippen LogP contribution in [0.3, 0.4) is 0 Å². The Balaban J connectivity index is 1.68. The second-order valence-corrected chi connectivity index (χ2v) is 6.30. The molecule has 0 aliphatic heterocycles. The van der Waals surface area contributed by atoms with Gasteiger partial charge in [0.15, 0.2) is 5.69 Å². The molecule has 8 heteroatoms. The van der Waals surface area contributed by atoms with Crippen LogP contribution in [0.4, 0.5) is 10.5 Å². The van der Waals surface area contributed by atoms with Gasteiger partial charge in [0.1, 0.15) is 5.75 Å². The van der Waals surface area contributed by atoms with Crippen molar-refractivity contribution in [2.75, 3.05) is 11.9 Å². The monoisotopic (exact) mass is 398 g/mol. The average Bonchev–Trinajstić information content (AvgIpc) is 3.17. The number of para-hydroxylation sites is 1. The Bertz CT molecular complexity index is 987. The largest absolute Gasteiger partial charge is 0.422 e. The number of ether oxygens (including phenoxy) is 1. The third-order valence-electron chi connectivity index (χ3n) is 3.74. The summed E-state index contributed by atoms with van der Waals surface area (Å²) in [5.74, 6) is -0.316. The molecule has 0 saturated carbocycles. The fourth-order valence-electron chi connectivity index (χ4n) is 2.41. The van der Waals surface area contributed by atoms with Crippen LogP contribution in [0.2, 0.25) is 5.02 Å². The number of nitrogens with zero attached hydrogens (tertiary/aromatic N) is 2. The number of amides is 2. The van der Waals surface area contributed by atoms with E-state index >= 15 is 0 Å². The summed E-state index contributed by atoms with van der Waals surface area (Å²) >= 11 is 6.15. The molecule has 1 aromatic heterocycles. The van der Waals surface area contributed by atoms with E-state index in [1.165, 1.54) is 4.68 Å². The highest BCUT2D eigenvalue weighted by Crippen LogP contribution is 2.21. The lowest BCUT2D eigenvalue weighted by Crippen LogP contribution is -2.29. The van der Waals surface area contributed by atoms with Crippen molar-refractivity contribution < 1.29 is 14.3 Å². The topological polar surface area (TPSA) is 85.3 Å². The van der Waals surface area contributed by atoms with E-state index in [0.717, 1.165) is 6.42 Å². The fourth-order valence-corrected chi connectivity index (χ4v) is 2.64. The highest BCUT2D eigenvalue weighted by Gasteiger charge is 2.14. The lowest BCUT2D eigenvalue weighted by atomic mass is 10.3. The van der Waals surface area contributed by atoms with Crippen molar-refractivity contribution >= 4 is 29.3 Å². The van der Waals surface area contributed by atoms with E-state index in [-0.39, 0.29) is 11.7 Å². The van der Waals surface area contributed by atoms with Gasteiger partial charge in [-0.05, 0) is 36.8 Å². The number of carbonyl (C=O) groups excluding carboxylic acids is 2. The van der Waals surface area contributed by atoms with E-state index in [9.17, 15) is 9.59 Å². The first-order valence-corrected chi connectivity index (χ1v) is 9.12. The Labute approximate surface area is 167 Å². The van der Waals surface area contributed by atoms with Crippen LogP contribution < -0.4 is 15.4 Å². The molecule has 2 N–H and O–H groups in total. The number of aromatic nitrogens is 2. The second-order valence-electron chi connectivity index (χ2n) is 5.90. The van der Waals surface area contributed by atoms with E-state index < -0.39 is 5.97 Å². The van der Waals surface area contributed by atoms with Gasteiger partial charge in [-0.25, -0.2) is 14.3 Å². The molecule has 28 heavy (non-hydrogen) atoms. The SMILES string of the molecule is CCCNC(=O)Nc1cccc(OC(=O)c2ccn(-c3ccccc3Cl)n2)c1. The van der Waals surface area contributed by atoms with Crippen LogP contribution in [0.15, 0.2) is 60.8 Å². The van der Waals surface area contributed by atoms with Gasteiger partial charge in [-0.2, -0.15) is 5.10 Å². The molecule has 0 spiro atoms. The van der Waals surface area contributed by atoms with Crippen molar-refractivity contribution in [2.45, 2.75) is 13.3 Å². The van der Waals surface area contributed by atoms with Crippen LogP contribution in [0, 0.1) is 0 Å². The first kappa shape index (κ1) is 19.4. The van der Waals surface area contributed by atoms with Gasteiger partial charge in [-0.3, -0.25) is 0 Å². The van der Waals surface area contributed by atoms with Crippen LogP contribution >= 0.6 is 11.6 Å². The summed E-state index contributed by atoms with van der Waals surface area (Å²) in [5.41, 5.74) is 1.31. The van der Waals surface area contributed by atoms with Gasteiger partial charge in [0, 0.05) is 24.5 Å². The number of rotatable bonds is 6. The quantitative estimate of drug-likeness (QED) is 0.479. The van der Waals surface area contributed by atoms with Crippen LogP contribution in [0.1, 0.15) is 23.8 Å². The van der Waals surface area contributed by atoms with Crippen molar-refractivity contribution in [3.05, 3.63) is 71.5 Å². The summed E-state index contributed by atoms with van der Waals surface area (Å²) in [6, 6.07) is 15.0. The van der Waals surface area contributed by atoms with E-state index in [0.29, 0.717) is 28.7 Å². The summed E-state index contributed by atoms with van der Waals surface area (Å²) in [6.07, 6.45) is 2.47. The molecule has 7 nitrogen and oxygen atoms in total. The van der Waals surface area contributed by atoms with Crippen molar-refractivity contribution in [3.8, 4) is 11.4 Å². The van der Waals surface area contributed by atoms with Crippen LogP contribution in [0.5, 0.6) is 5.75 Å². The maximum Gasteiger partial charge on any atom is 0.364 e. The molecular weight excluding hydrogens is 380 g/mol. The maximum absolute atomic E-state index is 12.4. The molecule has 0 aliphatic carbocycles. The molecule has 0 fully saturated rings. The van der Waals surface area contributed by atoms with Gasteiger partial charge < -0.3 is 15.4 Å². The number of esters is 1. The molecule has 3 rings (SSSR count). The molecule has 144 valence electrons. The standard InChI is InChI=1S/C20H19ClN4O3/c1-2-11-22-20(27)23-14-6-5-7-15(13-14)28-19(26)17-10-12-25(24-17)18-9-4-3-8-16(18)21/h3-10,12-13H,2,11H2,1H3,(H2,22,23,27). The number of hydrogen-bond donors (Lipinski definition) is 2. The molecule has 0 bridgehead atoms. The number of halogens is 1. The molecule has 0 saturated heterocycles. The van der Waals surface area contributed by atoms with Gasteiger partial charge in [0.25, 0.3) is 0 Å². The Morgan fingerprint density at radius 3 is 2.75 bits per heavy atom. The summed E-state index contributed by atoms with van der Waals surface area (Å²) in [6.45, 7) is 2.54. The first-order valence-electron chi connectivity index (χ1n) is 8.74. The third-order valence-corrected chi connectivity index (χ3v) is 4.06. The second kappa shape index (κ2) is 9.05. The highest BCUT2D eigenvalue weighted by atomic mass is 35.5. The predicted octanol–water partition coefficient (Wildman–Crippen LogP) is 4.28. The smallest absolute Gasteiger partial charge is 0.364 e. The number of anilines is 1. The van der Waals surface area contributed by atoms with E-state index in [2.05, 4.69) is 15.7 Å². The lowest BCUT2D eigenvalue weighted by molar-refractivity contribution is 0.0728. The zero-order valence-electron chi connectivity index (χ0n) is 15.2. The van der Waals surface area contributed by atoms with Crippen LogP contribution in [-0.4, -0.2) is 28.3 Å². The maximum atomic E-state index is 12.4. The van der Waals surface area contributed by atoms with Gasteiger partial charge in [0.2, 0.25) is 0 Å². The zero-order chi connectivity index (χ0) is 19.9. The molecule has 0 atom stereocenters. The number of benzene rings is 2.